The standard InChI is InChI=1S/C22H27N5O2/c1-28-13-12-25-15-19-21(17-8-4-3-5-9-17)24-22(23)27(19)26(16-25)14-18-10-6-7-11-20(18)29-2/h3-11H,12-16H2,1-2H3,(H2,23,24). The number of nitrogen functional groups attached to an aromatic ring is 1. The van der Waals surface area contributed by atoms with Crippen LogP contribution in [-0.4, -0.2) is 48.6 Å². The Morgan fingerprint density at radius 3 is 2.55 bits per heavy atom. The van der Waals surface area contributed by atoms with Gasteiger partial charge in [0, 0.05) is 31.3 Å². The van der Waals surface area contributed by atoms with Crippen LogP contribution in [0.25, 0.3) is 11.3 Å². The molecule has 2 N–H and O–H groups in total. The molecule has 0 saturated heterocycles. The number of rotatable bonds is 7. The van der Waals surface area contributed by atoms with Crippen molar-refractivity contribution in [1.29, 1.82) is 0 Å². The van der Waals surface area contributed by atoms with E-state index in [1.54, 1.807) is 14.2 Å². The fraction of sp³-hybridized carbons (Fsp3) is 0.318. The highest BCUT2D eigenvalue weighted by Gasteiger charge is 2.29. The Labute approximate surface area is 171 Å². The molecule has 0 fully saturated rings. The molecule has 0 atom stereocenters. The first-order chi connectivity index (χ1) is 14.2. The lowest BCUT2D eigenvalue weighted by atomic mass is 10.1. The van der Waals surface area contributed by atoms with Gasteiger partial charge < -0.3 is 15.2 Å². The van der Waals surface area contributed by atoms with E-state index < -0.39 is 0 Å². The molecule has 2 heterocycles. The van der Waals surface area contributed by atoms with Crippen molar-refractivity contribution in [2.75, 3.05) is 44.8 Å². The van der Waals surface area contributed by atoms with E-state index in [-0.39, 0.29) is 0 Å². The maximum absolute atomic E-state index is 6.40. The van der Waals surface area contributed by atoms with E-state index in [9.17, 15) is 0 Å². The van der Waals surface area contributed by atoms with Gasteiger partial charge in [0.1, 0.15) is 5.75 Å². The average molecular weight is 393 g/mol. The van der Waals surface area contributed by atoms with Gasteiger partial charge in [-0.3, -0.25) is 9.91 Å². The number of benzene rings is 2. The number of fused-ring (bicyclic) bond motifs is 1. The number of methoxy groups -OCH3 is 2. The number of nitrogens with two attached hydrogens (primary N) is 1. The Kier molecular flexibility index (Phi) is 5.69. The third kappa shape index (κ3) is 3.92. The van der Waals surface area contributed by atoms with E-state index in [4.69, 9.17) is 20.2 Å². The zero-order chi connectivity index (χ0) is 20.2. The van der Waals surface area contributed by atoms with Crippen molar-refractivity contribution in [2.45, 2.75) is 13.1 Å². The number of ether oxygens (including phenoxy) is 2. The summed E-state index contributed by atoms with van der Waals surface area (Å²) in [4.78, 5) is 7.07. The van der Waals surface area contributed by atoms with E-state index in [0.717, 1.165) is 48.0 Å². The van der Waals surface area contributed by atoms with E-state index in [2.05, 4.69) is 32.8 Å². The number of aromatic nitrogens is 2. The second-order valence-corrected chi connectivity index (χ2v) is 7.11. The first-order valence-electron chi connectivity index (χ1n) is 9.72. The van der Waals surface area contributed by atoms with Gasteiger partial charge in [0.2, 0.25) is 5.95 Å². The molecule has 0 radical (unpaired) electrons. The highest BCUT2D eigenvalue weighted by molar-refractivity contribution is 5.65. The minimum absolute atomic E-state index is 0.500. The van der Waals surface area contributed by atoms with E-state index in [1.165, 1.54) is 0 Å². The third-order valence-corrected chi connectivity index (χ3v) is 5.20. The SMILES string of the molecule is COCCN1Cc2c(-c3ccccc3)nc(N)n2N(Cc2ccccc2OC)C1. The molecule has 0 unspecified atom stereocenters. The van der Waals surface area contributed by atoms with Crippen LogP contribution in [0.4, 0.5) is 5.95 Å². The molecule has 7 nitrogen and oxygen atoms in total. The van der Waals surface area contributed by atoms with Crippen LogP contribution in [0.15, 0.2) is 54.6 Å². The van der Waals surface area contributed by atoms with Crippen molar-refractivity contribution in [3.8, 4) is 17.0 Å². The fourth-order valence-electron chi connectivity index (χ4n) is 3.83. The van der Waals surface area contributed by atoms with Gasteiger partial charge in [-0.1, -0.05) is 48.5 Å². The first-order valence-corrected chi connectivity index (χ1v) is 9.72. The van der Waals surface area contributed by atoms with Gasteiger partial charge in [-0.05, 0) is 6.07 Å². The number of anilines is 1. The summed E-state index contributed by atoms with van der Waals surface area (Å²) in [6.07, 6.45) is 0. The predicted molar refractivity (Wildman–Crippen MR) is 114 cm³/mol. The number of hydrogen-bond donors (Lipinski definition) is 1. The summed E-state index contributed by atoms with van der Waals surface area (Å²) >= 11 is 0. The van der Waals surface area contributed by atoms with Crippen LogP contribution in [0.5, 0.6) is 5.75 Å². The van der Waals surface area contributed by atoms with Crippen molar-refractivity contribution in [3.05, 3.63) is 65.9 Å². The van der Waals surface area contributed by atoms with Crippen molar-refractivity contribution in [1.82, 2.24) is 14.6 Å². The van der Waals surface area contributed by atoms with Gasteiger partial charge in [0.25, 0.3) is 0 Å². The zero-order valence-corrected chi connectivity index (χ0v) is 16.9. The van der Waals surface area contributed by atoms with E-state index in [1.807, 2.05) is 36.4 Å². The lowest BCUT2D eigenvalue weighted by Crippen LogP contribution is -2.50. The van der Waals surface area contributed by atoms with E-state index >= 15 is 0 Å². The topological polar surface area (TPSA) is 68.8 Å². The molecule has 0 amide bonds. The Morgan fingerprint density at radius 2 is 1.79 bits per heavy atom. The summed E-state index contributed by atoms with van der Waals surface area (Å²) in [5, 5.41) is 2.21. The van der Waals surface area contributed by atoms with Crippen LogP contribution in [0.2, 0.25) is 0 Å². The Balaban J connectivity index is 1.74. The summed E-state index contributed by atoms with van der Waals surface area (Å²) in [7, 11) is 3.43. The van der Waals surface area contributed by atoms with Gasteiger partial charge in [-0.15, -0.1) is 0 Å². The molecule has 1 aliphatic rings. The molecule has 29 heavy (non-hydrogen) atoms. The Bertz CT molecular complexity index is 957. The van der Waals surface area contributed by atoms with Crippen molar-refractivity contribution in [2.24, 2.45) is 0 Å². The molecule has 0 spiro atoms. The second kappa shape index (κ2) is 8.55. The second-order valence-electron chi connectivity index (χ2n) is 7.11. The van der Waals surface area contributed by atoms with Crippen molar-refractivity contribution in [3.63, 3.8) is 0 Å². The molecule has 0 bridgehead atoms. The molecule has 152 valence electrons. The van der Waals surface area contributed by atoms with Crippen LogP contribution in [0.3, 0.4) is 0 Å². The summed E-state index contributed by atoms with van der Waals surface area (Å²) in [5.41, 5.74) is 10.6. The average Bonchev–Trinajstić information content (AvgIpc) is 3.10. The van der Waals surface area contributed by atoms with Crippen LogP contribution in [0, 0.1) is 0 Å². The van der Waals surface area contributed by atoms with Gasteiger partial charge in [0.05, 0.1) is 38.3 Å². The largest absolute Gasteiger partial charge is 0.496 e. The maximum Gasteiger partial charge on any atom is 0.220 e. The molecular formula is C22H27N5O2. The highest BCUT2D eigenvalue weighted by atomic mass is 16.5. The van der Waals surface area contributed by atoms with Gasteiger partial charge in [-0.25, -0.2) is 9.66 Å². The van der Waals surface area contributed by atoms with Crippen LogP contribution >= 0.6 is 0 Å². The fourth-order valence-corrected chi connectivity index (χ4v) is 3.83. The molecule has 1 aliphatic heterocycles. The molecule has 3 aromatic rings. The summed E-state index contributed by atoms with van der Waals surface area (Å²) in [6.45, 7) is 3.66. The molecule has 1 aromatic heterocycles. The van der Waals surface area contributed by atoms with Crippen LogP contribution in [-0.2, 0) is 17.8 Å². The lowest BCUT2D eigenvalue weighted by Gasteiger charge is -2.39. The van der Waals surface area contributed by atoms with Gasteiger partial charge >= 0.3 is 0 Å². The monoisotopic (exact) mass is 393 g/mol. The minimum atomic E-state index is 0.500. The number of para-hydroxylation sites is 1. The quantitative estimate of drug-likeness (QED) is 0.666. The number of hydrogen-bond acceptors (Lipinski definition) is 6. The smallest absolute Gasteiger partial charge is 0.220 e. The van der Waals surface area contributed by atoms with Gasteiger partial charge in [0.15, 0.2) is 0 Å². The number of imidazole rings is 1. The summed E-state index contributed by atoms with van der Waals surface area (Å²) in [6, 6.07) is 18.3. The molecule has 2 aromatic carbocycles. The Hall–Kier alpha value is -3.03. The first kappa shape index (κ1) is 19.3. The minimum Gasteiger partial charge on any atom is -0.496 e. The molecular weight excluding hydrogens is 366 g/mol. The molecule has 0 aliphatic carbocycles. The van der Waals surface area contributed by atoms with E-state index in [0.29, 0.717) is 19.1 Å². The predicted octanol–water partition coefficient (Wildman–Crippen LogP) is 2.70. The molecule has 7 heteroatoms. The zero-order valence-electron chi connectivity index (χ0n) is 16.9. The van der Waals surface area contributed by atoms with Crippen molar-refractivity contribution >= 4 is 5.95 Å². The van der Waals surface area contributed by atoms with Crippen LogP contribution < -0.4 is 15.5 Å². The van der Waals surface area contributed by atoms with Crippen LogP contribution in [0.1, 0.15) is 11.3 Å². The molecule has 0 saturated carbocycles. The summed E-state index contributed by atoms with van der Waals surface area (Å²) < 4.78 is 12.9. The Morgan fingerprint density at radius 1 is 1.03 bits per heavy atom. The highest BCUT2D eigenvalue weighted by Crippen LogP contribution is 2.30. The normalized spacial score (nSPS) is 14.1. The van der Waals surface area contributed by atoms with Gasteiger partial charge in [-0.2, -0.15) is 0 Å². The number of nitrogens with zero attached hydrogens (tertiary/aromatic N) is 4. The summed E-state index contributed by atoms with van der Waals surface area (Å²) in [5.74, 6) is 1.37. The maximum atomic E-state index is 6.40. The lowest BCUT2D eigenvalue weighted by molar-refractivity contribution is 0.127. The van der Waals surface area contributed by atoms with Crippen molar-refractivity contribution < 1.29 is 9.47 Å². The third-order valence-electron chi connectivity index (χ3n) is 5.20. The molecule has 4 rings (SSSR count).